The van der Waals surface area contributed by atoms with Gasteiger partial charge in [-0.2, -0.15) is 0 Å². The van der Waals surface area contributed by atoms with Gasteiger partial charge in [-0.15, -0.1) is 0 Å². The van der Waals surface area contributed by atoms with Crippen molar-refractivity contribution in [2.24, 2.45) is 0 Å². The summed E-state index contributed by atoms with van der Waals surface area (Å²) in [6, 6.07) is 20.0. The zero-order valence-electron chi connectivity index (χ0n) is 11.8. The lowest BCUT2D eigenvalue weighted by Crippen LogP contribution is -2.32. The first-order valence-electron chi connectivity index (χ1n) is 6.89. The molecule has 2 nitrogen and oxygen atoms in total. The highest BCUT2D eigenvalue weighted by molar-refractivity contribution is 5.90. The molecule has 0 aromatic heterocycles. The number of hydrogen-bond acceptors (Lipinski definition) is 2. The Kier molecular flexibility index (Phi) is 2.98. The Morgan fingerprint density at radius 2 is 1.30 bits per heavy atom. The normalized spacial score (nSPS) is 20.0. The van der Waals surface area contributed by atoms with Crippen molar-refractivity contribution in [1.82, 2.24) is 0 Å². The number of hydrogen-bond donors (Lipinski definition) is 0. The number of benzene rings is 2. The fourth-order valence-corrected chi connectivity index (χ4v) is 2.87. The highest BCUT2D eigenvalue weighted by atomic mass is 16.5. The smallest absolute Gasteiger partial charge is 0.167 e. The Labute approximate surface area is 119 Å². The molecule has 0 atom stereocenters. The molecule has 2 aromatic rings. The molecule has 1 aliphatic rings. The largest absolute Gasteiger partial charge is 0.351 e. The van der Waals surface area contributed by atoms with E-state index in [4.69, 9.17) is 4.74 Å². The van der Waals surface area contributed by atoms with Gasteiger partial charge in [0, 0.05) is 6.42 Å². The maximum absolute atomic E-state index is 12.3. The summed E-state index contributed by atoms with van der Waals surface area (Å²) in [6.45, 7) is 3.70. The summed E-state index contributed by atoms with van der Waals surface area (Å²) in [4.78, 5) is 12.3. The van der Waals surface area contributed by atoms with Crippen LogP contribution < -0.4 is 0 Å². The Bertz CT molecular complexity index is 575. The molecule has 102 valence electrons. The van der Waals surface area contributed by atoms with Crippen molar-refractivity contribution >= 4 is 5.78 Å². The number of carbonyl (C=O) groups is 1. The lowest BCUT2D eigenvalue weighted by molar-refractivity contribution is -0.132. The Morgan fingerprint density at radius 3 is 1.65 bits per heavy atom. The van der Waals surface area contributed by atoms with Gasteiger partial charge in [0.25, 0.3) is 0 Å². The molecule has 1 saturated heterocycles. The summed E-state index contributed by atoms with van der Waals surface area (Å²) in [5, 5.41) is 0. The minimum Gasteiger partial charge on any atom is -0.351 e. The van der Waals surface area contributed by atoms with Crippen LogP contribution in [0.15, 0.2) is 60.7 Å². The standard InChI is InChI=1S/C18H18O2/c1-17(2)16(19)13-18(20-17,14-9-5-3-6-10-14)15-11-7-4-8-12-15/h3-12H,13H2,1-2H3. The SMILES string of the molecule is CC1(C)OC(c2ccccc2)(c2ccccc2)CC1=O. The van der Waals surface area contributed by atoms with E-state index in [1.54, 1.807) is 0 Å². The van der Waals surface area contributed by atoms with Gasteiger partial charge in [-0.1, -0.05) is 60.7 Å². The summed E-state index contributed by atoms with van der Waals surface area (Å²) >= 11 is 0. The van der Waals surface area contributed by atoms with Crippen molar-refractivity contribution in [2.45, 2.75) is 31.5 Å². The van der Waals surface area contributed by atoms with E-state index in [0.29, 0.717) is 6.42 Å². The van der Waals surface area contributed by atoms with Crippen LogP contribution in [0.1, 0.15) is 31.4 Å². The Morgan fingerprint density at radius 1 is 0.850 bits per heavy atom. The number of Topliss-reactive ketones (excluding diaryl/α,β-unsaturated/α-hetero) is 1. The van der Waals surface area contributed by atoms with Gasteiger partial charge in [-0.3, -0.25) is 4.79 Å². The van der Waals surface area contributed by atoms with Crippen LogP contribution >= 0.6 is 0 Å². The second kappa shape index (κ2) is 4.57. The van der Waals surface area contributed by atoms with E-state index >= 15 is 0 Å². The summed E-state index contributed by atoms with van der Waals surface area (Å²) in [5.74, 6) is 0.144. The van der Waals surface area contributed by atoms with Crippen molar-refractivity contribution < 1.29 is 9.53 Å². The molecule has 0 bridgehead atoms. The third-order valence-electron chi connectivity index (χ3n) is 3.99. The predicted octanol–water partition coefficient (Wildman–Crippen LogP) is 3.70. The van der Waals surface area contributed by atoms with Gasteiger partial charge >= 0.3 is 0 Å². The van der Waals surface area contributed by atoms with Crippen molar-refractivity contribution in [1.29, 1.82) is 0 Å². The Hall–Kier alpha value is -1.93. The van der Waals surface area contributed by atoms with Gasteiger partial charge in [-0.25, -0.2) is 0 Å². The minimum absolute atomic E-state index is 0.144. The van der Waals surface area contributed by atoms with Crippen molar-refractivity contribution in [3.05, 3.63) is 71.8 Å². The summed E-state index contributed by atoms with van der Waals surface area (Å²) in [5.41, 5.74) is 0.657. The van der Waals surface area contributed by atoms with Gasteiger partial charge in [0.1, 0.15) is 11.2 Å². The third-order valence-corrected chi connectivity index (χ3v) is 3.99. The summed E-state index contributed by atoms with van der Waals surface area (Å²) in [6.07, 6.45) is 0.383. The summed E-state index contributed by atoms with van der Waals surface area (Å²) in [7, 11) is 0. The first-order chi connectivity index (χ1) is 9.55. The first-order valence-corrected chi connectivity index (χ1v) is 6.89. The van der Waals surface area contributed by atoms with Gasteiger partial charge in [0.2, 0.25) is 0 Å². The van der Waals surface area contributed by atoms with Crippen LogP contribution in [0.3, 0.4) is 0 Å². The number of carbonyl (C=O) groups excluding carboxylic acids is 1. The zero-order valence-corrected chi connectivity index (χ0v) is 11.8. The Balaban J connectivity index is 2.18. The number of rotatable bonds is 2. The van der Waals surface area contributed by atoms with Crippen LogP contribution in [0, 0.1) is 0 Å². The molecule has 2 heteroatoms. The second-order valence-electron chi connectivity index (χ2n) is 5.77. The molecule has 1 heterocycles. The maximum atomic E-state index is 12.3. The van der Waals surface area contributed by atoms with Crippen LogP contribution in [0.4, 0.5) is 0 Å². The first kappa shape index (κ1) is 13.1. The molecule has 0 amide bonds. The van der Waals surface area contributed by atoms with Gasteiger partial charge in [0.05, 0.1) is 0 Å². The monoisotopic (exact) mass is 266 g/mol. The number of ketones is 1. The quantitative estimate of drug-likeness (QED) is 0.828. The van der Waals surface area contributed by atoms with E-state index in [2.05, 4.69) is 0 Å². The predicted molar refractivity (Wildman–Crippen MR) is 78.5 cm³/mol. The van der Waals surface area contributed by atoms with Gasteiger partial charge < -0.3 is 4.74 Å². The van der Waals surface area contributed by atoms with Crippen molar-refractivity contribution in [2.75, 3.05) is 0 Å². The highest BCUT2D eigenvalue weighted by Gasteiger charge is 2.52. The van der Waals surface area contributed by atoms with Crippen molar-refractivity contribution in [3.8, 4) is 0 Å². The molecule has 0 N–H and O–H groups in total. The minimum atomic E-state index is -0.744. The second-order valence-corrected chi connectivity index (χ2v) is 5.77. The number of ether oxygens (including phenoxy) is 1. The van der Waals surface area contributed by atoms with E-state index in [-0.39, 0.29) is 5.78 Å². The van der Waals surface area contributed by atoms with Gasteiger partial charge in [-0.05, 0) is 25.0 Å². The van der Waals surface area contributed by atoms with Crippen LogP contribution in [-0.2, 0) is 15.1 Å². The maximum Gasteiger partial charge on any atom is 0.167 e. The van der Waals surface area contributed by atoms with Gasteiger partial charge in [0.15, 0.2) is 5.78 Å². The highest BCUT2D eigenvalue weighted by Crippen LogP contribution is 2.46. The summed E-state index contributed by atoms with van der Waals surface area (Å²) < 4.78 is 6.27. The molecule has 3 rings (SSSR count). The zero-order chi connectivity index (χ0) is 14.2. The molecule has 0 spiro atoms. The van der Waals surface area contributed by atoms with Crippen LogP contribution in [-0.4, -0.2) is 11.4 Å². The third kappa shape index (κ3) is 1.97. The van der Waals surface area contributed by atoms with E-state index < -0.39 is 11.2 Å². The lowest BCUT2D eigenvalue weighted by Gasteiger charge is -2.31. The molecule has 1 fully saturated rings. The van der Waals surface area contributed by atoms with Crippen LogP contribution in [0.2, 0.25) is 0 Å². The molecule has 20 heavy (non-hydrogen) atoms. The van der Waals surface area contributed by atoms with E-state index in [0.717, 1.165) is 11.1 Å². The average Bonchev–Trinajstić information content (AvgIpc) is 2.72. The van der Waals surface area contributed by atoms with Crippen LogP contribution in [0.5, 0.6) is 0 Å². The molecule has 0 unspecified atom stereocenters. The van der Waals surface area contributed by atoms with Crippen molar-refractivity contribution in [3.63, 3.8) is 0 Å². The molecular formula is C18H18O2. The molecule has 0 aliphatic carbocycles. The average molecular weight is 266 g/mol. The fourth-order valence-electron chi connectivity index (χ4n) is 2.87. The van der Waals surface area contributed by atoms with E-state index in [1.165, 1.54) is 0 Å². The fraction of sp³-hybridized carbons (Fsp3) is 0.278. The van der Waals surface area contributed by atoms with E-state index in [9.17, 15) is 4.79 Å². The molecule has 0 radical (unpaired) electrons. The van der Waals surface area contributed by atoms with Crippen LogP contribution in [0.25, 0.3) is 0 Å². The lowest BCUT2D eigenvalue weighted by atomic mass is 9.83. The van der Waals surface area contributed by atoms with E-state index in [1.807, 2.05) is 74.5 Å². The molecule has 2 aromatic carbocycles. The molecule has 1 aliphatic heterocycles. The topological polar surface area (TPSA) is 26.3 Å². The molecule has 0 saturated carbocycles. The molecular weight excluding hydrogens is 248 g/mol.